The van der Waals surface area contributed by atoms with Crippen molar-refractivity contribution in [3.63, 3.8) is 0 Å². The molecule has 1 heterocycles. The van der Waals surface area contributed by atoms with E-state index < -0.39 is 0 Å². The normalized spacial score (nSPS) is 16.1. The highest BCUT2D eigenvalue weighted by Crippen LogP contribution is 2.30. The molecule has 1 unspecified atom stereocenters. The summed E-state index contributed by atoms with van der Waals surface area (Å²) in [5.41, 5.74) is 2.81. The molecule has 0 bridgehead atoms. The van der Waals surface area contributed by atoms with Gasteiger partial charge in [0.05, 0.1) is 7.11 Å². The summed E-state index contributed by atoms with van der Waals surface area (Å²) in [5.74, 6) is 1.92. The van der Waals surface area contributed by atoms with Gasteiger partial charge in [-0.2, -0.15) is 0 Å². The predicted molar refractivity (Wildman–Crippen MR) is 106 cm³/mol. The van der Waals surface area contributed by atoms with Crippen LogP contribution in [0.3, 0.4) is 0 Å². The Bertz CT molecular complexity index is 999. The predicted octanol–water partition coefficient (Wildman–Crippen LogP) is 3.90. The fourth-order valence-electron chi connectivity index (χ4n) is 2.94. The molecule has 0 aromatic heterocycles. The topological polar surface area (TPSA) is 66.2 Å². The van der Waals surface area contributed by atoms with Gasteiger partial charge in [0.2, 0.25) is 0 Å². The molecule has 0 radical (unpaired) electrons. The largest absolute Gasteiger partial charge is 0.504 e. The third-order valence-corrected chi connectivity index (χ3v) is 4.34. The summed E-state index contributed by atoms with van der Waals surface area (Å²) in [7, 11) is 1.53. The van der Waals surface area contributed by atoms with Crippen LogP contribution in [0.15, 0.2) is 88.8 Å². The first-order valence-electron chi connectivity index (χ1n) is 8.65. The molecule has 0 spiro atoms. The minimum Gasteiger partial charge on any atom is -0.504 e. The molecule has 0 saturated carbocycles. The Hall–Kier alpha value is -3.60. The van der Waals surface area contributed by atoms with Crippen LogP contribution in [-0.2, 0) is 0 Å². The number of hydrogen-bond donors (Lipinski definition) is 2. The summed E-state index contributed by atoms with van der Waals surface area (Å²) in [6, 6.07) is 25.1. The lowest BCUT2D eigenvalue weighted by Crippen LogP contribution is -2.33. The fourth-order valence-corrected chi connectivity index (χ4v) is 2.94. The van der Waals surface area contributed by atoms with Crippen LogP contribution in [0, 0.1) is 0 Å². The first-order chi connectivity index (χ1) is 13.2. The van der Waals surface area contributed by atoms with Crippen LogP contribution in [0.1, 0.15) is 22.9 Å². The molecule has 134 valence electrons. The molecule has 2 N–H and O–H groups in total. The highest BCUT2D eigenvalue weighted by atomic mass is 16.5. The molecule has 1 atom stereocenters. The number of nitrogens with one attached hydrogen (secondary N) is 1. The minimum atomic E-state index is -0.345. The maximum absolute atomic E-state index is 9.89. The SMILES string of the molecule is COc1cc(C2N=C(c3ccccc3)N=C(c3ccccc3)N2)ccc1O. The van der Waals surface area contributed by atoms with E-state index in [1.54, 1.807) is 12.1 Å². The number of hydrogen-bond acceptors (Lipinski definition) is 5. The molecule has 0 aliphatic carbocycles. The van der Waals surface area contributed by atoms with E-state index in [9.17, 15) is 5.11 Å². The summed E-state index contributed by atoms with van der Waals surface area (Å²) in [6.45, 7) is 0. The highest BCUT2D eigenvalue weighted by Gasteiger charge is 2.21. The molecule has 1 aliphatic rings. The average Bonchev–Trinajstić information content (AvgIpc) is 2.75. The van der Waals surface area contributed by atoms with E-state index in [0.717, 1.165) is 22.5 Å². The molecule has 5 nitrogen and oxygen atoms in total. The molecule has 1 aliphatic heterocycles. The van der Waals surface area contributed by atoms with Gasteiger partial charge in [-0.3, -0.25) is 0 Å². The smallest absolute Gasteiger partial charge is 0.160 e. The summed E-state index contributed by atoms with van der Waals surface area (Å²) >= 11 is 0. The molecule has 0 amide bonds. The molecular formula is C22H19N3O2. The number of ether oxygens (including phenoxy) is 1. The first kappa shape index (κ1) is 16.8. The number of rotatable bonds is 4. The molecule has 3 aromatic carbocycles. The van der Waals surface area contributed by atoms with Gasteiger partial charge in [-0.05, 0) is 12.1 Å². The van der Waals surface area contributed by atoms with E-state index in [1.807, 2.05) is 66.7 Å². The molecular weight excluding hydrogens is 338 g/mol. The number of amidine groups is 2. The van der Waals surface area contributed by atoms with E-state index in [-0.39, 0.29) is 11.9 Å². The van der Waals surface area contributed by atoms with Crippen molar-refractivity contribution >= 4 is 11.7 Å². The van der Waals surface area contributed by atoms with Crippen molar-refractivity contribution in [3.05, 3.63) is 95.6 Å². The zero-order valence-corrected chi connectivity index (χ0v) is 14.8. The van der Waals surface area contributed by atoms with Gasteiger partial charge in [0.15, 0.2) is 17.3 Å². The monoisotopic (exact) mass is 357 g/mol. The van der Waals surface area contributed by atoms with E-state index >= 15 is 0 Å². The average molecular weight is 357 g/mol. The maximum atomic E-state index is 9.89. The molecule has 5 heteroatoms. The van der Waals surface area contributed by atoms with Crippen molar-refractivity contribution in [1.29, 1.82) is 0 Å². The Morgan fingerprint density at radius 3 is 2.22 bits per heavy atom. The number of benzene rings is 3. The number of phenols is 1. The molecule has 27 heavy (non-hydrogen) atoms. The number of methoxy groups -OCH3 is 1. The third kappa shape index (κ3) is 3.53. The van der Waals surface area contributed by atoms with Gasteiger partial charge in [-0.15, -0.1) is 0 Å². The van der Waals surface area contributed by atoms with Gasteiger partial charge in [-0.1, -0.05) is 66.7 Å². The van der Waals surface area contributed by atoms with Crippen molar-refractivity contribution in [2.45, 2.75) is 6.17 Å². The highest BCUT2D eigenvalue weighted by molar-refractivity contribution is 6.12. The minimum absolute atomic E-state index is 0.0984. The van der Waals surface area contributed by atoms with Crippen molar-refractivity contribution in [3.8, 4) is 11.5 Å². The molecule has 4 rings (SSSR count). The fraction of sp³-hybridized carbons (Fsp3) is 0.0909. The second-order valence-corrected chi connectivity index (χ2v) is 6.12. The maximum Gasteiger partial charge on any atom is 0.160 e. The van der Waals surface area contributed by atoms with Gasteiger partial charge in [0, 0.05) is 16.7 Å². The van der Waals surface area contributed by atoms with Crippen LogP contribution >= 0.6 is 0 Å². The van der Waals surface area contributed by atoms with Crippen LogP contribution < -0.4 is 10.1 Å². The Labute approximate surface area is 157 Å². The Morgan fingerprint density at radius 1 is 0.889 bits per heavy atom. The second kappa shape index (κ2) is 7.33. The lowest BCUT2D eigenvalue weighted by Gasteiger charge is -2.24. The Kier molecular flexibility index (Phi) is 4.58. The van der Waals surface area contributed by atoms with Gasteiger partial charge in [0.1, 0.15) is 12.0 Å². The van der Waals surface area contributed by atoms with Gasteiger partial charge >= 0.3 is 0 Å². The van der Waals surface area contributed by atoms with Gasteiger partial charge < -0.3 is 15.2 Å². The van der Waals surface area contributed by atoms with E-state index in [1.165, 1.54) is 7.11 Å². The van der Waals surface area contributed by atoms with Crippen molar-refractivity contribution in [2.24, 2.45) is 9.98 Å². The number of aliphatic imine (C=N–C) groups is 2. The molecule has 3 aromatic rings. The summed E-state index contributed by atoms with van der Waals surface area (Å²) < 4.78 is 5.24. The first-order valence-corrected chi connectivity index (χ1v) is 8.65. The van der Waals surface area contributed by atoms with E-state index in [2.05, 4.69) is 5.32 Å². The summed E-state index contributed by atoms with van der Waals surface area (Å²) in [6.07, 6.45) is -0.345. The molecule has 0 saturated heterocycles. The third-order valence-electron chi connectivity index (χ3n) is 4.34. The Morgan fingerprint density at radius 2 is 1.56 bits per heavy atom. The van der Waals surface area contributed by atoms with Gasteiger partial charge in [-0.25, -0.2) is 9.98 Å². The van der Waals surface area contributed by atoms with Gasteiger partial charge in [0.25, 0.3) is 0 Å². The standard InChI is InChI=1S/C22H19N3O2/c1-27-19-14-17(12-13-18(19)26)22-24-20(15-8-4-2-5-9-15)23-21(25-22)16-10-6-3-7-11-16/h2-14,22,26H,1H3,(H,23,24,25). The zero-order chi connectivity index (χ0) is 18.6. The second-order valence-electron chi connectivity index (χ2n) is 6.12. The zero-order valence-electron chi connectivity index (χ0n) is 14.8. The number of phenolic OH excluding ortho intramolecular Hbond substituents is 1. The Balaban J connectivity index is 1.79. The molecule has 0 fully saturated rings. The lowest BCUT2D eigenvalue weighted by atomic mass is 10.1. The van der Waals surface area contributed by atoms with Crippen LogP contribution in [0.25, 0.3) is 0 Å². The van der Waals surface area contributed by atoms with Crippen LogP contribution in [-0.4, -0.2) is 23.9 Å². The van der Waals surface area contributed by atoms with Crippen molar-refractivity contribution in [2.75, 3.05) is 7.11 Å². The van der Waals surface area contributed by atoms with Crippen LogP contribution in [0.4, 0.5) is 0 Å². The van der Waals surface area contributed by atoms with Crippen molar-refractivity contribution in [1.82, 2.24) is 5.32 Å². The quantitative estimate of drug-likeness (QED) is 0.744. The van der Waals surface area contributed by atoms with Crippen molar-refractivity contribution < 1.29 is 9.84 Å². The summed E-state index contributed by atoms with van der Waals surface area (Å²) in [5, 5.41) is 13.3. The number of nitrogens with zero attached hydrogens (tertiary/aromatic N) is 2. The van der Waals surface area contributed by atoms with E-state index in [0.29, 0.717) is 11.6 Å². The lowest BCUT2D eigenvalue weighted by molar-refractivity contribution is 0.372. The van der Waals surface area contributed by atoms with Crippen LogP contribution in [0.2, 0.25) is 0 Å². The van der Waals surface area contributed by atoms with E-state index in [4.69, 9.17) is 14.7 Å². The summed E-state index contributed by atoms with van der Waals surface area (Å²) in [4.78, 5) is 9.52. The number of aromatic hydroxyl groups is 1. The van der Waals surface area contributed by atoms with Crippen LogP contribution in [0.5, 0.6) is 11.5 Å².